The average molecular weight is 275 g/mol. The summed E-state index contributed by atoms with van der Waals surface area (Å²) in [4.78, 5) is 11.3. The number of sulfone groups is 1. The van der Waals surface area contributed by atoms with Crippen LogP contribution in [0.2, 0.25) is 0 Å². The first-order valence-corrected chi connectivity index (χ1v) is 8.01. The molecule has 0 aliphatic carbocycles. The van der Waals surface area contributed by atoms with Crippen LogP contribution in [0.1, 0.15) is 26.2 Å². The van der Waals surface area contributed by atoms with E-state index in [0.717, 1.165) is 0 Å². The van der Waals surface area contributed by atoms with Gasteiger partial charge in [0.15, 0.2) is 0 Å². The zero-order chi connectivity index (χ0) is 13.6. The lowest BCUT2D eigenvalue weighted by molar-refractivity contribution is -0.136. The highest BCUT2D eigenvalue weighted by molar-refractivity contribution is 7.91. The minimum absolute atomic E-state index is 0.223. The summed E-state index contributed by atoms with van der Waals surface area (Å²) in [5, 5.41) is 3.25. The second-order valence-electron chi connectivity index (χ2n) is 4.41. The van der Waals surface area contributed by atoms with Gasteiger partial charge in [0.05, 0.1) is 18.6 Å². The monoisotopic (exact) mass is 275 g/mol. The molecule has 1 N–H and O–H groups in total. The minimum Gasteiger partial charge on any atom is -0.466 e. The van der Waals surface area contributed by atoms with Crippen LogP contribution in [0.5, 0.6) is 0 Å². The molecular weight excluding hydrogens is 254 g/mol. The van der Waals surface area contributed by atoms with Crippen LogP contribution in [-0.4, -0.2) is 45.6 Å². The summed E-state index contributed by atoms with van der Waals surface area (Å²) >= 11 is 0. The Balaban J connectivity index is 2.37. The number of methoxy groups -OCH3 is 1. The van der Waals surface area contributed by atoms with Gasteiger partial charge in [-0.15, -0.1) is 0 Å². The molecule has 0 unspecified atom stereocenters. The Morgan fingerprint density at radius 1 is 1.39 bits per heavy atom. The molecule has 0 amide bonds. The smallest absolute Gasteiger partial charge is 0.333 e. The predicted octanol–water partition coefficient (Wildman–Crippen LogP) is 0.663. The van der Waals surface area contributed by atoms with E-state index in [0.29, 0.717) is 31.4 Å². The third-order valence-electron chi connectivity index (χ3n) is 3.14. The maximum atomic E-state index is 11.3. The highest BCUT2D eigenvalue weighted by Crippen LogP contribution is 2.12. The molecule has 0 saturated carbocycles. The molecule has 1 heterocycles. The van der Waals surface area contributed by atoms with Crippen molar-refractivity contribution < 1.29 is 17.9 Å². The molecule has 0 aromatic carbocycles. The zero-order valence-electron chi connectivity index (χ0n) is 10.9. The van der Waals surface area contributed by atoms with Gasteiger partial charge in [-0.25, -0.2) is 13.2 Å². The summed E-state index contributed by atoms with van der Waals surface area (Å²) in [5.74, 6) is 0.211. The van der Waals surface area contributed by atoms with Crippen LogP contribution >= 0.6 is 0 Å². The quantitative estimate of drug-likeness (QED) is 0.589. The standard InChI is InChI=1S/C12H21NO4S/c1-3-10(12(14)17-2)4-7-13-11-5-8-18(15,16)9-6-11/h4,11,13H,3,5-9H2,1-2H3. The molecule has 0 aromatic rings. The van der Waals surface area contributed by atoms with E-state index in [2.05, 4.69) is 10.1 Å². The Morgan fingerprint density at radius 2 is 2.00 bits per heavy atom. The number of rotatable bonds is 5. The SMILES string of the molecule is CCC(=CCNC1CCS(=O)(=O)CC1)C(=O)OC. The van der Waals surface area contributed by atoms with Gasteiger partial charge in [0, 0.05) is 18.2 Å². The van der Waals surface area contributed by atoms with Gasteiger partial charge < -0.3 is 10.1 Å². The summed E-state index contributed by atoms with van der Waals surface area (Å²) < 4.78 is 27.2. The first kappa shape index (κ1) is 15.2. The molecule has 5 nitrogen and oxygen atoms in total. The van der Waals surface area contributed by atoms with Crippen LogP contribution in [0.15, 0.2) is 11.6 Å². The van der Waals surface area contributed by atoms with Crippen LogP contribution < -0.4 is 5.32 Å². The van der Waals surface area contributed by atoms with Crippen LogP contribution in [0.4, 0.5) is 0 Å². The number of carbonyl (C=O) groups is 1. The fraction of sp³-hybridized carbons (Fsp3) is 0.750. The van der Waals surface area contributed by atoms with Gasteiger partial charge in [0.25, 0.3) is 0 Å². The molecule has 1 aliphatic heterocycles. The van der Waals surface area contributed by atoms with Crippen molar-refractivity contribution in [1.29, 1.82) is 0 Å². The Kier molecular flexibility index (Phi) is 5.81. The average Bonchev–Trinajstić information content (AvgIpc) is 2.35. The Morgan fingerprint density at radius 3 is 2.50 bits per heavy atom. The largest absolute Gasteiger partial charge is 0.466 e. The molecule has 1 fully saturated rings. The van der Waals surface area contributed by atoms with Crippen LogP contribution in [-0.2, 0) is 19.4 Å². The molecule has 104 valence electrons. The van der Waals surface area contributed by atoms with Gasteiger partial charge in [-0.05, 0) is 19.3 Å². The van der Waals surface area contributed by atoms with Gasteiger partial charge in [-0.1, -0.05) is 13.0 Å². The number of carbonyl (C=O) groups excluding carboxylic acids is 1. The molecule has 0 aromatic heterocycles. The molecular formula is C12H21NO4S. The van der Waals surface area contributed by atoms with Gasteiger partial charge in [-0.2, -0.15) is 0 Å². The summed E-state index contributed by atoms with van der Waals surface area (Å²) in [6, 6.07) is 0.223. The van der Waals surface area contributed by atoms with E-state index < -0.39 is 9.84 Å². The van der Waals surface area contributed by atoms with Crippen molar-refractivity contribution in [1.82, 2.24) is 5.32 Å². The summed E-state index contributed by atoms with van der Waals surface area (Å²) in [6.07, 6.45) is 3.74. The molecule has 18 heavy (non-hydrogen) atoms. The summed E-state index contributed by atoms with van der Waals surface area (Å²) in [5.41, 5.74) is 0.647. The topological polar surface area (TPSA) is 72.5 Å². The second kappa shape index (κ2) is 6.89. The lowest BCUT2D eigenvalue weighted by Crippen LogP contribution is -2.37. The Bertz CT molecular complexity index is 400. The third kappa shape index (κ3) is 4.78. The predicted molar refractivity (Wildman–Crippen MR) is 70.1 cm³/mol. The van der Waals surface area contributed by atoms with Crippen LogP contribution in [0.3, 0.4) is 0 Å². The molecule has 0 radical (unpaired) electrons. The summed E-state index contributed by atoms with van der Waals surface area (Å²) in [7, 11) is -1.44. The van der Waals surface area contributed by atoms with Crippen molar-refractivity contribution in [3.8, 4) is 0 Å². The van der Waals surface area contributed by atoms with Crippen molar-refractivity contribution in [2.24, 2.45) is 0 Å². The fourth-order valence-corrected chi connectivity index (χ4v) is 3.44. The van der Waals surface area contributed by atoms with Gasteiger partial charge in [-0.3, -0.25) is 0 Å². The van der Waals surface area contributed by atoms with Gasteiger partial charge in [0.2, 0.25) is 0 Å². The normalized spacial score (nSPS) is 20.7. The fourth-order valence-electron chi connectivity index (χ4n) is 1.95. The lowest BCUT2D eigenvalue weighted by atomic mass is 10.1. The highest BCUT2D eigenvalue weighted by Gasteiger charge is 2.22. The van der Waals surface area contributed by atoms with Crippen molar-refractivity contribution in [3.05, 3.63) is 11.6 Å². The molecule has 6 heteroatoms. The number of nitrogens with one attached hydrogen (secondary N) is 1. The second-order valence-corrected chi connectivity index (χ2v) is 6.71. The van der Waals surface area contributed by atoms with E-state index in [1.807, 2.05) is 13.0 Å². The van der Waals surface area contributed by atoms with E-state index in [1.165, 1.54) is 7.11 Å². The van der Waals surface area contributed by atoms with Gasteiger partial charge in [0.1, 0.15) is 9.84 Å². The van der Waals surface area contributed by atoms with Crippen LogP contribution in [0.25, 0.3) is 0 Å². The first-order valence-electron chi connectivity index (χ1n) is 6.19. The number of ether oxygens (including phenoxy) is 1. The van der Waals surface area contributed by atoms with Crippen molar-refractivity contribution >= 4 is 15.8 Å². The lowest BCUT2D eigenvalue weighted by Gasteiger charge is -2.22. The third-order valence-corrected chi connectivity index (χ3v) is 4.85. The van der Waals surface area contributed by atoms with Gasteiger partial charge >= 0.3 is 5.97 Å². The molecule has 1 aliphatic rings. The number of hydrogen-bond acceptors (Lipinski definition) is 5. The van der Waals surface area contributed by atoms with Crippen molar-refractivity contribution in [2.45, 2.75) is 32.2 Å². The van der Waals surface area contributed by atoms with Crippen molar-refractivity contribution in [2.75, 3.05) is 25.2 Å². The molecule has 1 saturated heterocycles. The Labute approximate surface area is 109 Å². The van der Waals surface area contributed by atoms with E-state index in [1.54, 1.807) is 0 Å². The first-order chi connectivity index (χ1) is 8.48. The zero-order valence-corrected chi connectivity index (χ0v) is 11.8. The van der Waals surface area contributed by atoms with E-state index in [4.69, 9.17) is 0 Å². The van der Waals surface area contributed by atoms with E-state index in [-0.39, 0.29) is 23.5 Å². The maximum absolute atomic E-state index is 11.3. The number of esters is 1. The van der Waals surface area contributed by atoms with Crippen molar-refractivity contribution in [3.63, 3.8) is 0 Å². The van der Waals surface area contributed by atoms with Crippen LogP contribution in [0, 0.1) is 0 Å². The highest BCUT2D eigenvalue weighted by atomic mass is 32.2. The molecule has 0 bridgehead atoms. The Hall–Kier alpha value is -0.880. The minimum atomic E-state index is -2.81. The molecule has 0 spiro atoms. The van der Waals surface area contributed by atoms with E-state index in [9.17, 15) is 13.2 Å². The summed E-state index contributed by atoms with van der Waals surface area (Å²) in [6.45, 7) is 2.47. The number of hydrogen-bond donors (Lipinski definition) is 1. The molecule has 1 rings (SSSR count). The maximum Gasteiger partial charge on any atom is 0.333 e. The molecule has 0 atom stereocenters. The van der Waals surface area contributed by atoms with E-state index >= 15 is 0 Å².